The number of aromatic nitrogens is 2. The van der Waals surface area contributed by atoms with E-state index in [9.17, 15) is 4.79 Å². The molecule has 1 unspecified atom stereocenters. The molecular formula is C14H23N3O2S. The molecule has 6 heteroatoms. The first-order valence-corrected chi connectivity index (χ1v) is 8.08. The number of aryl methyl sites for hydroxylation is 1. The van der Waals surface area contributed by atoms with Crippen LogP contribution in [0.5, 0.6) is 0 Å². The van der Waals surface area contributed by atoms with Crippen LogP contribution in [0.2, 0.25) is 0 Å². The smallest absolute Gasteiger partial charge is 0.326 e. The minimum absolute atomic E-state index is 0.140. The number of carbonyl (C=O) groups is 1. The maximum atomic E-state index is 12.2. The second-order valence-corrected chi connectivity index (χ2v) is 6.59. The number of ether oxygens (including phenoxy) is 1. The van der Waals surface area contributed by atoms with E-state index >= 15 is 0 Å². The molecule has 0 aliphatic heterocycles. The molecule has 2 rings (SSSR count). The van der Waals surface area contributed by atoms with E-state index in [1.165, 1.54) is 0 Å². The van der Waals surface area contributed by atoms with Crippen molar-refractivity contribution in [1.82, 2.24) is 15.1 Å². The number of carbonyl (C=O) groups excluding carboxylic acids is 1. The Labute approximate surface area is 124 Å². The molecule has 1 aliphatic rings. The highest BCUT2D eigenvalue weighted by Crippen LogP contribution is 2.27. The predicted molar refractivity (Wildman–Crippen MR) is 79.7 cm³/mol. The molecule has 0 radical (unpaired) electrons. The summed E-state index contributed by atoms with van der Waals surface area (Å²) in [7, 11) is 1.90. The monoisotopic (exact) mass is 297 g/mol. The SMILES string of the molecule is CCOC(=O)C(C)(CCSc1cnn(C)c1)NC1CC1. The Balaban J connectivity index is 1.87. The standard InChI is InChI=1S/C14H23N3O2S/c1-4-19-13(18)14(2,16-11-5-6-11)7-8-20-12-9-15-17(3)10-12/h9-11,16H,4-8H2,1-3H3. The zero-order chi connectivity index (χ0) is 14.6. The fourth-order valence-electron chi connectivity index (χ4n) is 2.05. The van der Waals surface area contributed by atoms with Crippen LogP contribution in [0.4, 0.5) is 0 Å². The lowest BCUT2D eigenvalue weighted by Gasteiger charge is -2.28. The topological polar surface area (TPSA) is 56.1 Å². The van der Waals surface area contributed by atoms with Crippen LogP contribution in [0.1, 0.15) is 33.1 Å². The minimum atomic E-state index is -0.577. The van der Waals surface area contributed by atoms with E-state index < -0.39 is 5.54 Å². The summed E-state index contributed by atoms with van der Waals surface area (Å²) in [6.07, 6.45) is 6.90. The molecule has 1 aromatic heterocycles. The Morgan fingerprint density at radius 3 is 2.95 bits per heavy atom. The first-order chi connectivity index (χ1) is 9.53. The van der Waals surface area contributed by atoms with Crippen LogP contribution in [0.3, 0.4) is 0 Å². The second-order valence-electron chi connectivity index (χ2n) is 5.42. The molecule has 1 aliphatic carbocycles. The van der Waals surface area contributed by atoms with Gasteiger partial charge in [-0.15, -0.1) is 11.8 Å². The van der Waals surface area contributed by atoms with Gasteiger partial charge in [0.1, 0.15) is 5.54 Å². The number of hydrogen-bond donors (Lipinski definition) is 1. The van der Waals surface area contributed by atoms with Crippen LogP contribution in [0.25, 0.3) is 0 Å². The van der Waals surface area contributed by atoms with Crippen LogP contribution in [-0.4, -0.2) is 39.7 Å². The molecule has 1 atom stereocenters. The van der Waals surface area contributed by atoms with Crippen molar-refractivity contribution in [2.45, 2.75) is 49.6 Å². The zero-order valence-electron chi connectivity index (χ0n) is 12.4. The summed E-state index contributed by atoms with van der Waals surface area (Å²) in [5.41, 5.74) is -0.577. The normalized spacial score (nSPS) is 17.8. The van der Waals surface area contributed by atoms with E-state index in [-0.39, 0.29) is 5.97 Å². The van der Waals surface area contributed by atoms with Gasteiger partial charge >= 0.3 is 5.97 Å². The van der Waals surface area contributed by atoms with Crippen molar-refractivity contribution in [3.05, 3.63) is 12.4 Å². The Morgan fingerprint density at radius 2 is 2.40 bits per heavy atom. The molecule has 1 heterocycles. The van der Waals surface area contributed by atoms with Crippen molar-refractivity contribution in [3.63, 3.8) is 0 Å². The average Bonchev–Trinajstić information content (AvgIpc) is 3.10. The lowest BCUT2D eigenvalue weighted by molar-refractivity contribution is -0.150. The predicted octanol–water partition coefficient (Wildman–Crippen LogP) is 1.98. The van der Waals surface area contributed by atoms with Crippen LogP contribution < -0.4 is 5.32 Å². The van der Waals surface area contributed by atoms with Gasteiger partial charge in [0.25, 0.3) is 0 Å². The molecule has 0 spiro atoms. The van der Waals surface area contributed by atoms with Crippen LogP contribution in [-0.2, 0) is 16.6 Å². The van der Waals surface area contributed by atoms with Crippen LogP contribution in [0, 0.1) is 0 Å². The van der Waals surface area contributed by atoms with Crippen molar-refractivity contribution >= 4 is 17.7 Å². The Hall–Kier alpha value is -1.01. The third-order valence-corrected chi connectivity index (χ3v) is 4.33. The van der Waals surface area contributed by atoms with E-state index in [2.05, 4.69) is 10.4 Å². The van der Waals surface area contributed by atoms with Gasteiger partial charge in [0.15, 0.2) is 0 Å². The minimum Gasteiger partial charge on any atom is -0.465 e. The van der Waals surface area contributed by atoms with Crippen molar-refractivity contribution in [1.29, 1.82) is 0 Å². The fraction of sp³-hybridized carbons (Fsp3) is 0.714. The van der Waals surface area contributed by atoms with E-state index in [0.717, 1.165) is 29.9 Å². The van der Waals surface area contributed by atoms with Gasteiger partial charge in [0, 0.05) is 29.9 Å². The molecule has 1 saturated carbocycles. The number of nitrogens with zero attached hydrogens (tertiary/aromatic N) is 2. The van der Waals surface area contributed by atoms with Gasteiger partial charge in [-0.1, -0.05) is 0 Å². The summed E-state index contributed by atoms with van der Waals surface area (Å²) in [4.78, 5) is 13.3. The maximum absolute atomic E-state index is 12.2. The quantitative estimate of drug-likeness (QED) is 0.587. The Bertz CT molecular complexity index is 459. The van der Waals surface area contributed by atoms with Crippen LogP contribution >= 0.6 is 11.8 Å². The lowest BCUT2D eigenvalue weighted by Crippen LogP contribution is -2.51. The van der Waals surface area contributed by atoms with Gasteiger partial charge in [-0.25, -0.2) is 0 Å². The second kappa shape index (κ2) is 6.63. The third-order valence-electron chi connectivity index (χ3n) is 3.38. The molecule has 112 valence electrons. The highest BCUT2D eigenvalue weighted by molar-refractivity contribution is 7.99. The largest absolute Gasteiger partial charge is 0.465 e. The fourth-order valence-corrected chi connectivity index (χ4v) is 3.14. The molecule has 0 aromatic carbocycles. The van der Waals surface area contributed by atoms with E-state index in [1.807, 2.05) is 33.3 Å². The Morgan fingerprint density at radius 1 is 1.65 bits per heavy atom. The molecule has 0 amide bonds. The molecule has 1 aromatic rings. The van der Waals surface area contributed by atoms with E-state index in [4.69, 9.17) is 4.74 Å². The van der Waals surface area contributed by atoms with Crippen molar-refractivity contribution in [2.75, 3.05) is 12.4 Å². The molecule has 5 nitrogen and oxygen atoms in total. The number of hydrogen-bond acceptors (Lipinski definition) is 5. The van der Waals surface area contributed by atoms with Crippen molar-refractivity contribution in [2.24, 2.45) is 7.05 Å². The molecule has 20 heavy (non-hydrogen) atoms. The summed E-state index contributed by atoms with van der Waals surface area (Å²) in [6.45, 7) is 4.23. The summed E-state index contributed by atoms with van der Waals surface area (Å²) in [5.74, 6) is 0.722. The highest BCUT2D eigenvalue weighted by Gasteiger charge is 2.39. The Kier molecular flexibility index (Phi) is 5.10. The van der Waals surface area contributed by atoms with Crippen molar-refractivity contribution in [3.8, 4) is 0 Å². The maximum Gasteiger partial charge on any atom is 0.326 e. The average molecular weight is 297 g/mol. The van der Waals surface area contributed by atoms with Gasteiger partial charge in [0.05, 0.1) is 12.8 Å². The third kappa shape index (κ3) is 4.24. The zero-order valence-corrected chi connectivity index (χ0v) is 13.2. The molecule has 1 fully saturated rings. The summed E-state index contributed by atoms with van der Waals surface area (Å²) in [5, 5.41) is 7.58. The highest BCUT2D eigenvalue weighted by atomic mass is 32.2. The number of rotatable bonds is 8. The first-order valence-electron chi connectivity index (χ1n) is 7.10. The summed E-state index contributed by atoms with van der Waals surface area (Å²) < 4.78 is 7.00. The summed E-state index contributed by atoms with van der Waals surface area (Å²) in [6, 6.07) is 0.479. The first kappa shape index (κ1) is 15.4. The molecule has 0 saturated heterocycles. The number of thioether (sulfide) groups is 1. The van der Waals surface area contributed by atoms with E-state index in [0.29, 0.717) is 12.6 Å². The number of nitrogens with one attached hydrogen (secondary N) is 1. The number of esters is 1. The van der Waals surface area contributed by atoms with Gasteiger partial charge in [0.2, 0.25) is 0 Å². The molecule has 1 N–H and O–H groups in total. The van der Waals surface area contributed by atoms with Gasteiger partial charge in [-0.2, -0.15) is 5.10 Å². The molecule has 0 bridgehead atoms. The lowest BCUT2D eigenvalue weighted by atomic mass is 9.99. The van der Waals surface area contributed by atoms with E-state index in [1.54, 1.807) is 16.4 Å². The van der Waals surface area contributed by atoms with Crippen LogP contribution in [0.15, 0.2) is 17.3 Å². The summed E-state index contributed by atoms with van der Waals surface area (Å²) >= 11 is 1.72. The van der Waals surface area contributed by atoms with Crippen molar-refractivity contribution < 1.29 is 9.53 Å². The van der Waals surface area contributed by atoms with Gasteiger partial charge in [-0.3, -0.25) is 14.8 Å². The van der Waals surface area contributed by atoms with Gasteiger partial charge in [-0.05, 0) is 33.1 Å². The van der Waals surface area contributed by atoms with Gasteiger partial charge < -0.3 is 4.74 Å². The molecular weight excluding hydrogens is 274 g/mol.